The Morgan fingerprint density at radius 3 is 2.38 bits per heavy atom. The zero-order valence-electron chi connectivity index (χ0n) is 26.2. The van der Waals surface area contributed by atoms with Gasteiger partial charge >= 0.3 is 6.03 Å². The third-order valence-electron chi connectivity index (χ3n) is 12.9. The highest BCUT2D eigenvalue weighted by molar-refractivity contribution is 7.95. The highest BCUT2D eigenvalue weighted by atomic mass is 32.2. The molecule has 4 aliphatic carbocycles. The van der Waals surface area contributed by atoms with Gasteiger partial charge in [-0.2, -0.15) is 0 Å². The molecule has 5 nitrogen and oxygen atoms in total. The quantitative estimate of drug-likeness (QED) is 0.247. The van der Waals surface area contributed by atoms with E-state index in [2.05, 4.69) is 60.8 Å². The third kappa shape index (κ3) is 6.05. The van der Waals surface area contributed by atoms with Crippen LogP contribution in [0, 0.1) is 46.3 Å². The molecule has 8 atom stereocenters. The van der Waals surface area contributed by atoms with Gasteiger partial charge in [-0.1, -0.05) is 40.0 Å². The van der Waals surface area contributed by atoms with E-state index < -0.39 is 0 Å². The average molecular weight is 561 g/mol. The van der Waals surface area contributed by atoms with Gasteiger partial charge in [0.05, 0.1) is 0 Å². The van der Waals surface area contributed by atoms with Gasteiger partial charge in [0.2, 0.25) is 0 Å². The lowest BCUT2D eigenvalue weighted by Gasteiger charge is -2.62. The number of rotatable bonds is 7. The van der Waals surface area contributed by atoms with E-state index in [1.165, 1.54) is 82.8 Å². The molecule has 1 aliphatic heterocycles. The minimum atomic E-state index is -0.0302. The van der Waals surface area contributed by atoms with E-state index in [1.54, 1.807) is 0 Å². The first-order chi connectivity index (χ1) is 18.6. The van der Waals surface area contributed by atoms with Gasteiger partial charge in [0.25, 0.3) is 0 Å². The standard InChI is InChI=1S/C33H60N4OS/c1-7-24-23-26-28-14-13-25(32(28,5)17-15-29(26)33(6)16-9-8-12-27(24)33)11-10-18-34-30(38)35-39-37-21-19-36(20-22-37)31(2,3)4/h24-29H,7-23H2,1-6H3,(H2,34,35,38)/t24-,25?,26?,27?,28?,29-,32?,33?/m0/s1. The molecule has 0 aromatic heterocycles. The Kier molecular flexibility index (Phi) is 9.26. The van der Waals surface area contributed by atoms with Crippen molar-refractivity contribution in [3.05, 3.63) is 0 Å². The predicted octanol–water partition coefficient (Wildman–Crippen LogP) is 7.73. The van der Waals surface area contributed by atoms with E-state index in [4.69, 9.17) is 0 Å². The van der Waals surface area contributed by atoms with Crippen LogP contribution in [0.5, 0.6) is 0 Å². The van der Waals surface area contributed by atoms with Crippen LogP contribution in [-0.4, -0.2) is 53.5 Å². The number of hydrogen-bond donors (Lipinski definition) is 2. The lowest BCUT2D eigenvalue weighted by Crippen LogP contribution is -2.55. The fourth-order valence-electron chi connectivity index (χ4n) is 10.7. The van der Waals surface area contributed by atoms with Crippen molar-refractivity contribution in [2.45, 2.75) is 124 Å². The summed E-state index contributed by atoms with van der Waals surface area (Å²) in [5, 5.41) is 3.15. The van der Waals surface area contributed by atoms with E-state index in [-0.39, 0.29) is 11.6 Å². The number of hydrogen-bond acceptors (Lipinski definition) is 4. The monoisotopic (exact) mass is 560 g/mol. The zero-order chi connectivity index (χ0) is 27.8. The van der Waals surface area contributed by atoms with Gasteiger partial charge in [0.15, 0.2) is 0 Å². The van der Waals surface area contributed by atoms with E-state index in [0.29, 0.717) is 10.8 Å². The van der Waals surface area contributed by atoms with Gasteiger partial charge in [0, 0.05) is 50.4 Å². The number of nitrogens with zero attached hydrogens (tertiary/aromatic N) is 2. The van der Waals surface area contributed by atoms with Crippen LogP contribution >= 0.6 is 12.1 Å². The van der Waals surface area contributed by atoms with Gasteiger partial charge < -0.3 is 5.32 Å². The Balaban J connectivity index is 1.06. The molecule has 0 aromatic carbocycles. The first kappa shape index (κ1) is 30.0. The Labute approximate surface area is 245 Å². The summed E-state index contributed by atoms with van der Waals surface area (Å²) in [6, 6.07) is -0.0302. The minimum absolute atomic E-state index is 0.0302. The van der Waals surface area contributed by atoms with Crippen molar-refractivity contribution < 1.29 is 4.79 Å². The molecule has 0 bridgehead atoms. The smallest absolute Gasteiger partial charge is 0.325 e. The normalized spacial score (nSPS) is 41.4. The molecule has 0 aromatic rings. The summed E-state index contributed by atoms with van der Waals surface area (Å²) in [6.45, 7) is 19.6. The molecule has 2 N–H and O–H groups in total. The first-order valence-corrected chi connectivity index (χ1v) is 17.5. The largest absolute Gasteiger partial charge is 0.337 e. The van der Waals surface area contributed by atoms with Gasteiger partial charge in [-0.15, -0.1) is 0 Å². The Hall–Kier alpha value is -0.460. The van der Waals surface area contributed by atoms with Crippen molar-refractivity contribution in [1.82, 2.24) is 19.2 Å². The molecule has 5 fully saturated rings. The maximum Gasteiger partial charge on any atom is 0.325 e. The Morgan fingerprint density at radius 1 is 0.923 bits per heavy atom. The molecule has 224 valence electrons. The zero-order valence-corrected chi connectivity index (χ0v) is 27.0. The minimum Gasteiger partial charge on any atom is -0.337 e. The summed E-state index contributed by atoms with van der Waals surface area (Å²) in [7, 11) is 0. The van der Waals surface area contributed by atoms with Gasteiger partial charge in [0.1, 0.15) is 0 Å². The van der Waals surface area contributed by atoms with Crippen molar-refractivity contribution in [2.24, 2.45) is 46.3 Å². The summed E-state index contributed by atoms with van der Waals surface area (Å²) in [5.74, 6) is 5.73. The van der Waals surface area contributed by atoms with Crippen LogP contribution in [0.3, 0.4) is 0 Å². The lowest BCUT2D eigenvalue weighted by molar-refractivity contribution is -0.135. The molecule has 6 heteroatoms. The summed E-state index contributed by atoms with van der Waals surface area (Å²) >= 11 is 1.48. The third-order valence-corrected chi connectivity index (χ3v) is 13.8. The first-order valence-electron chi connectivity index (χ1n) is 16.8. The summed E-state index contributed by atoms with van der Waals surface area (Å²) in [6.07, 6.45) is 17.1. The molecule has 0 spiro atoms. The van der Waals surface area contributed by atoms with Crippen LogP contribution in [0.1, 0.15) is 119 Å². The van der Waals surface area contributed by atoms with Crippen molar-refractivity contribution in [3.8, 4) is 0 Å². The molecule has 1 heterocycles. The second kappa shape index (κ2) is 12.0. The van der Waals surface area contributed by atoms with E-state index in [9.17, 15) is 4.79 Å². The highest BCUT2D eigenvalue weighted by Crippen LogP contribution is 2.69. The molecule has 39 heavy (non-hydrogen) atoms. The molecule has 0 radical (unpaired) electrons. The van der Waals surface area contributed by atoms with Crippen LogP contribution in [0.2, 0.25) is 0 Å². The maximum atomic E-state index is 12.5. The number of piperazine rings is 1. The summed E-state index contributed by atoms with van der Waals surface area (Å²) < 4.78 is 5.31. The summed E-state index contributed by atoms with van der Waals surface area (Å²) in [5.41, 5.74) is 1.38. The molecule has 6 unspecified atom stereocenters. The second-order valence-corrected chi connectivity index (χ2v) is 16.5. The number of carbonyl (C=O) groups is 1. The van der Waals surface area contributed by atoms with Crippen LogP contribution in [0.25, 0.3) is 0 Å². The van der Waals surface area contributed by atoms with Crippen LogP contribution < -0.4 is 10.0 Å². The van der Waals surface area contributed by atoms with Gasteiger partial charge in [-0.05, 0) is 125 Å². The number of carbonyl (C=O) groups excluding carboxylic acids is 1. The Morgan fingerprint density at radius 2 is 1.67 bits per heavy atom. The molecule has 1 saturated heterocycles. The Bertz CT molecular complexity index is 838. The number of amides is 2. The molecule has 5 aliphatic rings. The maximum absolute atomic E-state index is 12.5. The second-order valence-electron chi connectivity index (χ2n) is 15.6. The van der Waals surface area contributed by atoms with E-state index >= 15 is 0 Å². The molecule has 5 rings (SSSR count). The molecule has 2 amide bonds. The fourth-order valence-corrected chi connectivity index (χ4v) is 11.4. The van der Waals surface area contributed by atoms with Crippen LogP contribution in [-0.2, 0) is 0 Å². The highest BCUT2D eigenvalue weighted by Gasteiger charge is 2.60. The van der Waals surface area contributed by atoms with Crippen molar-refractivity contribution >= 4 is 18.2 Å². The fraction of sp³-hybridized carbons (Fsp3) is 0.970. The molecule has 4 saturated carbocycles. The van der Waals surface area contributed by atoms with E-state index in [1.807, 2.05) is 0 Å². The number of urea groups is 1. The lowest BCUT2D eigenvalue weighted by atomic mass is 9.42. The topological polar surface area (TPSA) is 47.6 Å². The van der Waals surface area contributed by atoms with Crippen LogP contribution in [0.4, 0.5) is 4.79 Å². The summed E-state index contributed by atoms with van der Waals surface area (Å²) in [4.78, 5) is 15.0. The van der Waals surface area contributed by atoms with Crippen LogP contribution in [0.15, 0.2) is 0 Å². The van der Waals surface area contributed by atoms with Crippen molar-refractivity contribution in [2.75, 3.05) is 32.7 Å². The van der Waals surface area contributed by atoms with E-state index in [0.717, 1.165) is 74.7 Å². The average Bonchev–Trinajstić information content (AvgIpc) is 3.25. The van der Waals surface area contributed by atoms with Gasteiger partial charge in [-0.25, -0.2) is 9.10 Å². The number of fused-ring (bicyclic) bond motifs is 5. The van der Waals surface area contributed by atoms with Crippen molar-refractivity contribution in [1.29, 1.82) is 0 Å². The SMILES string of the molecule is CC[C@H]1CC2C3CCC(CCCNC(=O)NSN4CCN(C(C)(C)C)CC4)C3(C)CC[C@@H]2C2(C)CCCCC12. The molecular weight excluding hydrogens is 500 g/mol. The molecular formula is C33H60N4OS. The number of nitrogens with one attached hydrogen (secondary N) is 2. The van der Waals surface area contributed by atoms with Gasteiger partial charge in [-0.3, -0.25) is 9.62 Å². The predicted molar refractivity (Wildman–Crippen MR) is 165 cm³/mol. The van der Waals surface area contributed by atoms with Crippen molar-refractivity contribution in [3.63, 3.8) is 0 Å².